The second-order valence-corrected chi connectivity index (χ2v) is 6.97. The smallest absolute Gasteiger partial charge is 0.303 e. The fourth-order valence-electron chi connectivity index (χ4n) is 2.98. The van der Waals surface area contributed by atoms with Crippen molar-refractivity contribution in [3.63, 3.8) is 0 Å². The summed E-state index contributed by atoms with van der Waals surface area (Å²) in [7, 11) is 0. The van der Waals surface area contributed by atoms with Crippen molar-refractivity contribution < 1.29 is 9.90 Å². The number of alkyl halides is 1. The molecule has 0 saturated heterocycles. The SMILES string of the molecule is O=C(O)CCC(Cl)c1cc(Cl)c(C2CCCCC2)c(Cl)c1. The number of aliphatic carboxylic acids is 1. The van der Waals surface area contributed by atoms with Crippen molar-refractivity contribution in [3.8, 4) is 0 Å². The third-order valence-corrected chi connectivity index (χ3v) is 5.18. The van der Waals surface area contributed by atoms with Gasteiger partial charge < -0.3 is 5.11 Å². The first kappa shape index (κ1) is 16.9. The van der Waals surface area contributed by atoms with Gasteiger partial charge in [-0.3, -0.25) is 4.79 Å². The van der Waals surface area contributed by atoms with Crippen LogP contribution in [0.5, 0.6) is 0 Å². The van der Waals surface area contributed by atoms with Crippen molar-refractivity contribution in [1.29, 1.82) is 0 Å². The third kappa shape index (κ3) is 4.51. The topological polar surface area (TPSA) is 37.3 Å². The van der Waals surface area contributed by atoms with Gasteiger partial charge in [0, 0.05) is 16.5 Å². The molecular weight excluding hydrogens is 331 g/mol. The van der Waals surface area contributed by atoms with E-state index in [-0.39, 0.29) is 11.8 Å². The van der Waals surface area contributed by atoms with E-state index >= 15 is 0 Å². The summed E-state index contributed by atoms with van der Waals surface area (Å²) >= 11 is 19.1. The molecule has 5 heteroatoms. The lowest BCUT2D eigenvalue weighted by atomic mass is 9.83. The van der Waals surface area contributed by atoms with E-state index < -0.39 is 5.97 Å². The molecule has 0 spiro atoms. The molecule has 116 valence electrons. The Morgan fingerprint density at radius 3 is 2.29 bits per heavy atom. The summed E-state index contributed by atoms with van der Waals surface area (Å²) in [6, 6.07) is 3.69. The Morgan fingerprint density at radius 2 is 1.76 bits per heavy atom. The number of carboxylic acid groups (broad SMARTS) is 1. The first-order valence-electron chi connectivity index (χ1n) is 7.33. The fraction of sp³-hybridized carbons (Fsp3) is 0.562. The van der Waals surface area contributed by atoms with Gasteiger partial charge in [-0.25, -0.2) is 0 Å². The van der Waals surface area contributed by atoms with E-state index in [4.69, 9.17) is 39.9 Å². The molecule has 1 aliphatic rings. The van der Waals surface area contributed by atoms with E-state index in [1.54, 1.807) is 0 Å². The van der Waals surface area contributed by atoms with Gasteiger partial charge in [-0.05, 0) is 48.4 Å². The average Bonchev–Trinajstić information content (AvgIpc) is 2.45. The number of benzene rings is 1. The highest BCUT2D eigenvalue weighted by atomic mass is 35.5. The Bertz CT molecular complexity index is 487. The molecule has 1 N–H and O–H groups in total. The predicted molar refractivity (Wildman–Crippen MR) is 87.8 cm³/mol. The molecule has 0 radical (unpaired) electrons. The van der Waals surface area contributed by atoms with Crippen molar-refractivity contribution in [2.75, 3.05) is 0 Å². The van der Waals surface area contributed by atoms with E-state index in [1.165, 1.54) is 19.3 Å². The first-order valence-corrected chi connectivity index (χ1v) is 8.53. The number of carbonyl (C=O) groups is 1. The van der Waals surface area contributed by atoms with Crippen molar-refractivity contribution in [2.45, 2.75) is 56.2 Å². The maximum atomic E-state index is 10.6. The van der Waals surface area contributed by atoms with E-state index in [0.717, 1.165) is 24.0 Å². The summed E-state index contributed by atoms with van der Waals surface area (Å²) in [5.74, 6) is -0.419. The van der Waals surface area contributed by atoms with Crippen molar-refractivity contribution in [1.82, 2.24) is 0 Å². The summed E-state index contributed by atoms with van der Waals surface area (Å²) in [5, 5.41) is 9.66. The zero-order valence-electron chi connectivity index (χ0n) is 11.7. The molecular formula is C16H19Cl3O2. The van der Waals surface area contributed by atoms with Crippen LogP contribution in [-0.4, -0.2) is 11.1 Å². The van der Waals surface area contributed by atoms with Crippen LogP contribution in [-0.2, 0) is 4.79 Å². The molecule has 0 aromatic heterocycles. The van der Waals surface area contributed by atoms with Gasteiger partial charge in [0.1, 0.15) is 0 Å². The largest absolute Gasteiger partial charge is 0.481 e. The third-order valence-electron chi connectivity index (χ3n) is 4.09. The monoisotopic (exact) mass is 348 g/mol. The average molecular weight is 350 g/mol. The molecule has 0 heterocycles. The van der Waals surface area contributed by atoms with Gasteiger partial charge in [0.05, 0.1) is 5.38 Å². The van der Waals surface area contributed by atoms with Crippen LogP contribution in [0.2, 0.25) is 10.0 Å². The van der Waals surface area contributed by atoms with Crippen LogP contribution in [0.4, 0.5) is 0 Å². The summed E-state index contributed by atoms with van der Waals surface area (Å²) in [6.45, 7) is 0. The summed E-state index contributed by atoms with van der Waals surface area (Å²) in [4.78, 5) is 10.6. The molecule has 1 unspecified atom stereocenters. The number of carboxylic acids is 1. The lowest BCUT2D eigenvalue weighted by Gasteiger charge is -2.24. The lowest BCUT2D eigenvalue weighted by molar-refractivity contribution is -0.137. The van der Waals surface area contributed by atoms with Gasteiger partial charge in [0.15, 0.2) is 0 Å². The number of hydrogen-bond acceptors (Lipinski definition) is 1. The Balaban J connectivity index is 2.17. The zero-order valence-corrected chi connectivity index (χ0v) is 14.0. The van der Waals surface area contributed by atoms with Crippen molar-refractivity contribution >= 4 is 40.8 Å². The zero-order chi connectivity index (χ0) is 15.4. The minimum absolute atomic E-state index is 0.0355. The van der Waals surface area contributed by atoms with E-state index in [1.807, 2.05) is 12.1 Å². The molecule has 0 bridgehead atoms. The highest BCUT2D eigenvalue weighted by Crippen LogP contribution is 2.42. The van der Waals surface area contributed by atoms with Crippen LogP contribution in [0.15, 0.2) is 12.1 Å². The second kappa shape index (κ2) is 7.71. The summed E-state index contributed by atoms with van der Waals surface area (Å²) in [6.07, 6.45) is 6.37. The molecule has 1 aliphatic carbocycles. The van der Waals surface area contributed by atoms with Crippen LogP contribution < -0.4 is 0 Å². The van der Waals surface area contributed by atoms with E-state index in [2.05, 4.69) is 0 Å². The van der Waals surface area contributed by atoms with Crippen LogP contribution in [0.1, 0.15) is 67.4 Å². The highest BCUT2D eigenvalue weighted by molar-refractivity contribution is 6.36. The minimum atomic E-state index is -0.850. The Hall–Kier alpha value is -0.440. The summed E-state index contributed by atoms with van der Waals surface area (Å²) < 4.78 is 0. The van der Waals surface area contributed by atoms with Gasteiger partial charge in [-0.15, -0.1) is 11.6 Å². The molecule has 2 rings (SSSR count). The molecule has 1 saturated carbocycles. The van der Waals surface area contributed by atoms with Gasteiger partial charge in [0.2, 0.25) is 0 Å². The molecule has 1 aromatic rings. The molecule has 1 atom stereocenters. The molecule has 0 aliphatic heterocycles. The quantitative estimate of drug-likeness (QED) is 0.644. The van der Waals surface area contributed by atoms with Crippen LogP contribution in [0.25, 0.3) is 0 Å². The van der Waals surface area contributed by atoms with Gasteiger partial charge >= 0.3 is 5.97 Å². The summed E-state index contributed by atoms with van der Waals surface area (Å²) in [5.41, 5.74) is 1.83. The molecule has 2 nitrogen and oxygen atoms in total. The van der Waals surface area contributed by atoms with E-state index in [9.17, 15) is 4.79 Å². The van der Waals surface area contributed by atoms with Crippen LogP contribution in [0.3, 0.4) is 0 Å². The van der Waals surface area contributed by atoms with Crippen LogP contribution >= 0.6 is 34.8 Å². The lowest BCUT2D eigenvalue weighted by Crippen LogP contribution is -2.07. The number of rotatable bonds is 5. The standard InChI is InChI=1S/C16H19Cl3O2/c17-12(6-7-15(20)21)11-8-13(18)16(14(19)9-11)10-4-2-1-3-5-10/h8-10,12H,1-7H2,(H,20,21). The first-order chi connectivity index (χ1) is 9.99. The van der Waals surface area contributed by atoms with Gasteiger partial charge in [-0.1, -0.05) is 42.5 Å². The molecule has 1 aromatic carbocycles. The number of hydrogen-bond donors (Lipinski definition) is 1. The second-order valence-electron chi connectivity index (χ2n) is 5.63. The predicted octanol–water partition coefficient (Wildman–Crippen LogP) is 6.19. The van der Waals surface area contributed by atoms with Crippen LogP contribution in [0, 0.1) is 0 Å². The highest BCUT2D eigenvalue weighted by Gasteiger charge is 2.22. The van der Waals surface area contributed by atoms with Crippen molar-refractivity contribution in [3.05, 3.63) is 33.3 Å². The Morgan fingerprint density at radius 1 is 1.19 bits per heavy atom. The maximum absolute atomic E-state index is 10.6. The molecule has 21 heavy (non-hydrogen) atoms. The Kier molecular flexibility index (Phi) is 6.21. The molecule has 0 amide bonds. The number of halogens is 3. The van der Waals surface area contributed by atoms with Crippen molar-refractivity contribution in [2.24, 2.45) is 0 Å². The normalized spacial score (nSPS) is 17.7. The van der Waals surface area contributed by atoms with Gasteiger partial charge in [-0.2, -0.15) is 0 Å². The fourth-order valence-corrected chi connectivity index (χ4v) is 4.03. The van der Waals surface area contributed by atoms with Gasteiger partial charge in [0.25, 0.3) is 0 Å². The molecule has 1 fully saturated rings. The Labute approximate surface area is 140 Å². The minimum Gasteiger partial charge on any atom is -0.481 e. The maximum Gasteiger partial charge on any atom is 0.303 e. The van der Waals surface area contributed by atoms with E-state index in [0.29, 0.717) is 22.4 Å².